The molecule has 0 saturated heterocycles. The number of rotatable bonds is 7. The molecule has 23 heavy (non-hydrogen) atoms. The highest BCUT2D eigenvalue weighted by molar-refractivity contribution is 6.31. The van der Waals surface area contributed by atoms with Crippen molar-refractivity contribution in [1.29, 1.82) is 0 Å². The van der Waals surface area contributed by atoms with Gasteiger partial charge in [0.2, 0.25) is 5.91 Å². The first-order valence-electron chi connectivity index (χ1n) is 7.38. The molecule has 0 radical (unpaired) electrons. The lowest BCUT2D eigenvalue weighted by Gasteiger charge is -2.16. The SMILES string of the molecule is COc1ccccc1OC[C@@H](C)NC(=O)Cc1ccccc1Cl. The second-order valence-corrected chi connectivity index (χ2v) is 5.61. The zero-order valence-corrected chi connectivity index (χ0v) is 14.0. The van der Waals surface area contributed by atoms with Gasteiger partial charge in [0.1, 0.15) is 6.61 Å². The van der Waals surface area contributed by atoms with Gasteiger partial charge in [-0.3, -0.25) is 4.79 Å². The summed E-state index contributed by atoms with van der Waals surface area (Å²) in [6.45, 7) is 2.24. The molecule has 1 amide bonds. The largest absolute Gasteiger partial charge is 0.493 e. The van der Waals surface area contributed by atoms with Crippen LogP contribution >= 0.6 is 11.6 Å². The second kappa shape index (κ2) is 8.44. The molecule has 0 aromatic heterocycles. The lowest BCUT2D eigenvalue weighted by Crippen LogP contribution is -2.37. The van der Waals surface area contributed by atoms with E-state index >= 15 is 0 Å². The van der Waals surface area contributed by atoms with Crippen LogP contribution in [0.15, 0.2) is 48.5 Å². The van der Waals surface area contributed by atoms with E-state index in [1.165, 1.54) is 0 Å². The minimum atomic E-state index is -0.130. The van der Waals surface area contributed by atoms with E-state index in [4.69, 9.17) is 21.1 Å². The fourth-order valence-electron chi connectivity index (χ4n) is 2.14. The summed E-state index contributed by atoms with van der Waals surface area (Å²) in [6, 6.07) is 14.6. The summed E-state index contributed by atoms with van der Waals surface area (Å²) in [7, 11) is 1.59. The highest BCUT2D eigenvalue weighted by Crippen LogP contribution is 2.25. The molecule has 0 aliphatic carbocycles. The van der Waals surface area contributed by atoms with E-state index in [1.807, 2.05) is 49.4 Å². The summed E-state index contributed by atoms with van der Waals surface area (Å²) in [6.07, 6.45) is 0.249. The van der Waals surface area contributed by atoms with E-state index in [9.17, 15) is 4.79 Å². The number of hydrogen-bond donors (Lipinski definition) is 1. The van der Waals surface area contributed by atoms with Gasteiger partial charge in [-0.25, -0.2) is 0 Å². The van der Waals surface area contributed by atoms with Crippen molar-refractivity contribution in [1.82, 2.24) is 5.32 Å². The number of carbonyl (C=O) groups excluding carboxylic acids is 1. The molecule has 2 aromatic rings. The molecule has 2 aromatic carbocycles. The van der Waals surface area contributed by atoms with E-state index in [0.29, 0.717) is 23.1 Å². The molecular formula is C18H20ClNO3. The number of hydrogen-bond acceptors (Lipinski definition) is 3. The van der Waals surface area contributed by atoms with Crippen LogP contribution < -0.4 is 14.8 Å². The van der Waals surface area contributed by atoms with Crippen LogP contribution in [-0.4, -0.2) is 25.7 Å². The summed E-state index contributed by atoms with van der Waals surface area (Å²) >= 11 is 6.06. The van der Waals surface area contributed by atoms with Crippen molar-refractivity contribution >= 4 is 17.5 Å². The Kier molecular flexibility index (Phi) is 6.29. The predicted octanol–water partition coefficient (Wildman–Crippen LogP) is 3.47. The number of methoxy groups -OCH3 is 1. The van der Waals surface area contributed by atoms with Crippen molar-refractivity contribution in [2.24, 2.45) is 0 Å². The average Bonchev–Trinajstić information content (AvgIpc) is 2.55. The normalized spacial score (nSPS) is 11.6. The minimum absolute atomic E-state index is 0.0887. The molecule has 2 rings (SSSR count). The lowest BCUT2D eigenvalue weighted by molar-refractivity contribution is -0.121. The molecule has 5 heteroatoms. The Labute approximate surface area is 141 Å². The number of halogens is 1. The van der Waals surface area contributed by atoms with Gasteiger partial charge in [-0.05, 0) is 30.7 Å². The first-order chi connectivity index (χ1) is 11.1. The maximum Gasteiger partial charge on any atom is 0.224 e. The maximum absolute atomic E-state index is 12.1. The summed E-state index contributed by atoms with van der Waals surface area (Å²) in [5.41, 5.74) is 0.810. The Morgan fingerprint density at radius 2 is 1.78 bits per heavy atom. The molecule has 0 saturated carbocycles. The summed E-state index contributed by atoms with van der Waals surface area (Å²) in [4.78, 5) is 12.1. The van der Waals surface area contributed by atoms with Crippen LogP contribution in [0.3, 0.4) is 0 Å². The Morgan fingerprint density at radius 1 is 1.13 bits per heavy atom. The van der Waals surface area contributed by atoms with Gasteiger partial charge in [-0.2, -0.15) is 0 Å². The highest BCUT2D eigenvalue weighted by atomic mass is 35.5. The predicted molar refractivity (Wildman–Crippen MR) is 91.2 cm³/mol. The standard InChI is InChI=1S/C18H20ClNO3/c1-13(12-23-17-10-6-5-9-16(17)22-2)20-18(21)11-14-7-3-4-8-15(14)19/h3-10,13H,11-12H2,1-2H3,(H,20,21)/t13-/m1/s1. The Hall–Kier alpha value is -2.20. The molecule has 0 unspecified atom stereocenters. The molecule has 0 heterocycles. The van der Waals surface area contributed by atoms with Crippen LogP contribution in [0, 0.1) is 0 Å². The van der Waals surface area contributed by atoms with Crippen molar-refractivity contribution in [3.63, 3.8) is 0 Å². The van der Waals surface area contributed by atoms with Crippen LogP contribution in [0.2, 0.25) is 5.02 Å². The molecule has 0 fully saturated rings. The van der Waals surface area contributed by atoms with Gasteiger partial charge in [0.15, 0.2) is 11.5 Å². The molecule has 0 spiro atoms. The Bertz CT molecular complexity index is 660. The van der Waals surface area contributed by atoms with E-state index < -0.39 is 0 Å². The van der Waals surface area contributed by atoms with E-state index in [1.54, 1.807) is 13.2 Å². The van der Waals surface area contributed by atoms with Gasteiger partial charge in [-0.1, -0.05) is 41.9 Å². The quantitative estimate of drug-likeness (QED) is 0.844. The summed E-state index contributed by atoms with van der Waals surface area (Å²) in [5, 5.41) is 3.50. The number of carbonyl (C=O) groups is 1. The third-order valence-electron chi connectivity index (χ3n) is 3.27. The van der Waals surface area contributed by atoms with Crippen LogP contribution in [0.5, 0.6) is 11.5 Å². The molecule has 1 atom stereocenters. The molecule has 1 N–H and O–H groups in total. The van der Waals surface area contributed by atoms with Crippen molar-refractivity contribution in [2.75, 3.05) is 13.7 Å². The number of ether oxygens (including phenoxy) is 2. The zero-order valence-electron chi connectivity index (χ0n) is 13.2. The van der Waals surface area contributed by atoms with Crippen LogP contribution in [0.25, 0.3) is 0 Å². The monoisotopic (exact) mass is 333 g/mol. The topological polar surface area (TPSA) is 47.6 Å². The molecule has 122 valence electrons. The zero-order chi connectivity index (χ0) is 16.7. The van der Waals surface area contributed by atoms with E-state index in [2.05, 4.69) is 5.32 Å². The second-order valence-electron chi connectivity index (χ2n) is 5.20. The molecule has 0 aliphatic heterocycles. The van der Waals surface area contributed by atoms with Gasteiger partial charge in [0, 0.05) is 5.02 Å². The van der Waals surface area contributed by atoms with Gasteiger partial charge in [0.05, 0.1) is 19.6 Å². The van der Waals surface area contributed by atoms with E-state index in [0.717, 1.165) is 5.56 Å². The first kappa shape index (κ1) is 17.2. The van der Waals surface area contributed by atoms with Crippen LogP contribution in [0.1, 0.15) is 12.5 Å². The Balaban J connectivity index is 1.83. The smallest absolute Gasteiger partial charge is 0.224 e. The number of nitrogens with one attached hydrogen (secondary N) is 1. The lowest BCUT2D eigenvalue weighted by atomic mass is 10.1. The third-order valence-corrected chi connectivity index (χ3v) is 3.64. The molecule has 0 bridgehead atoms. The number of amides is 1. The first-order valence-corrected chi connectivity index (χ1v) is 7.76. The van der Waals surface area contributed by atoms with Crippen molar-refractivity contribution in [3.05, 3.63) is 59.1 Å². The van der Waals surface area contributed by atoms with E-state index in [-0.39, 0.29) is 18.4 Å². The van der Waals surface area contributed by atoms with Gasteiger partial charge in [0.25, 0.3) is 0 Å². The van der Waals surface area contributed by atoms with Crippen LogP contribution in [0.4, 0.5) is 0 Å². The van der Waals surface area contributed by atoms with Crippen LogP contribution in [-0.2, 0) is 11.2 Å². The molecular weight excluding hydrogens is 314 g/mol. The average molecular weight is 334 g/mol. The van der Waals surface area contributed by atoms with Crippen molar-refractivity contribution < 1.29 is 14.3 Å². The van der Waals surface area contributed by atoms with Gasteiger partial charge >= 0.3 is 0 Å². The number of para-hydroxylation sites is 2. The van der Waals surface area contributed by atoms with Crippen molar-refractivity contribution in [3.8, 4) is 11.5 Å². The fraction of sp³-hybridized carbons (Fsp3) is 0.278. The minimum Gasteiger partial charge on any atom is -0.493 e. The molecule has 0 aliphatic rings. The maximum atomic E-state index is 12.1. The molecule has 4 nitrogen and oxygen atoms in total. The third kappa shape index (κ3) is 5.18. The van der Waals surface area contributed by atoms with Gasteiger partial charge < -0.3 is 14.8 Å². The Morgan fingerprint density at radius 3 is 2.48 bits per heavy atom. The highest BCUT2D eigenvalue weighted by Gasteiger charge is 2.11. The van der Waals surface area contributed by atoms with Crippen molar-refractivity contribution in [2.45, 2.75) is 19.4 Å². The summed E-state index contributed by atoms with van der Waals surface area (Å²) in [5.74, 6) is 1.23. The number of benzene rings is 2. The fourth-order valence-corrected chi connectivity index (χ4v) is 2.34. The summed E-state index contributed by atoms with van der Waals surface area (Å²) < 4.78 is 10.9. The van der Waals surface area contributed by atoms with Gasteiger partial charge in [-0.15, -0.1) is 0 Å².